The molecule has 0 radical (unpaired) electrons. The topological polar surface area (TPSA) is 24.4 Å². The lowest BCUT2D eigenvalue weighted by Crippen LogP contribution is -1.99. The molecule has 0 saturated heterocycles. The summed E-state index contributed by atoms with van der Waals surface area (Å²) in [5.41, 5.74) is 5.54. The van der Waals surface area contributed by atoms with Gasteiger partial charge in [0.25, 0.3) is 0 Å². The molecule has 1 N–H and O–H groups in total. The second kappa shape index (κ2) is 5.89. The number of anilines is 1. The number of nitrogens with zero attached hydrogens (tertiary/aromatic N) is 1. The normalized spacial score (nSPS) is 11.4. The van der Waals surface area contributed by atoms with Crippen molar-refractivity contribution < 1.29 is 0 Å². The first kappa shape index (κ1) is 12.9. The Bertz CT molecular complexity index is 580. The predicted octanol–water partition coefficient (Wildman–Crippen LogP) is 4.83. The summed E-state index contributed by atoms with van der Waals surface area (Å²) in [5.74, 6) is 0. The van der Waals surface area contributed by atoms with Crippen molar-refractivity contribution in [1.82, 2.24) is 0 Å². The summed E-state index contributed by atoms with van der Waals surface area (Å²) in [6.07, 6.45) is 0. The van der Waals surface area contributed by atoms with Crippen molar-refractivity contribution in [2.45, 2.75) is 6.92 Å². The first-order valence-electron chi connectivity index (χ1n) is 5.47. The molecule has 0 aliphatic rings. The quantitative estimate of drug-likeness (QED) is 0.631. The van der Waals surface area contributed by atoms with Crippen LogP contribution < -0.4 is 5.43 Å². The Kier molecular flexibility index (Phi) is 4.24. The molecule has 0 unspecified atom stereocenters. The number of nitrogens with one attached hydrogen (secondary N) is 1. The maximum absolute atomic E-state index is 6.03. The van der Waals surface area contributed by atoms with E-state index in [0.717, 1.165) is 17.0 Å². The maximum Gasteiger partial charge on any atom is 0.0748 e. The highest BCUT2D eigenvalue weighted by molar-refractivity contribution is 6.33. The third-order valence-corrected chi connectivity index (χ3v) is 3.02. The Morgan fingerprint density at radius 1 is 1.06 bits per heavy atom. The van der Waals surface area contributed by atoms with Crippen LogP contribution in [0.15, 0.2) is 53.6 Å². The fourth-order valence-electron chi connectivity index (χ4n) is 1.47. The summed E-state index contributed by atoms with van der Waals surface area (Å²) in [6.45, 7) is 1.91. The van der Waals surface area contributed by atoms with Crippen molar-refractivity contribution in [3.63, 3.8) is 0 Å². The van der Waals surface area contributed by atoms with Crippen molar-refractivity contribution in [1.29, 1.82) is 0 Å². The van der Waals surface area contributed by atoms with Gasteiger partial charge in [-0.2, -0.15) is 5.10 Å². The number of halogens is 2. The zero-order valence-electron chi connectivity index (χ0n) is 9.82. The summed E-state index contributed by atoms with van der Waals surface area (Å²) >= 11 is 12.0. The minimum Gasteiger partial charge on any atom is -0.277 e. The molecular weight excluding hydrogens is 267 g/mol. The Morgan fingerprint density at radius 3 is 2.56 bits per heavy atom. The Hall–Kier alpha value is -1.51. The molecule has 0 heterocycles. The summed E-state index contributed by atoms with van der Waals surface area (Å²) in [5, 5.41) is 5.62. The van der Waals surface area contributed by atoms with Crippen LogP contribution in [0.2, 0.25) is 10.0 Å². The van der Waals surface area contributed by atoms with E-state index in [4.69, 9.17) is 23.2 Å². The molecule has 0 aromatic heterocycles. The molecule has 0 fully saturated rings. The highest BCUT2D eigenvalue weighted by atomic mass is 35.5. The van der Waals surface area contributed by atoms with Gasteiger partial charge in [0.15, 0.2) is 0 Å². The van der Waals surface area contributed by atoms with Crippen LogP contribution in [-0.2, 0) is 0 Å². The molecule has 2 rings (SSSR count). The van der Waals surface area contributed by atoms with E-state index >= 15 is 0 Å². The molecule has 2 nitrogen and oxygen atoms in total. The van der Waals surface area contributed by atoms with Crippen LogP contribution in [0.3, 0.4) is 0 Å². The van der Waals surface area contributed by atoms with Gasteiger partial charge in [-0.1, -0.05) is 47.5 Å². The van der Waals surface area contributed by atoms with Crippen molar-refractivity contribution in [2.24, 2.45) is 5.10 Å². The van der Waals surface area contributed by atoms with Gasteiger partial charge in [-0.05, 0) is 36.8 Å². The van der Waals surface area contributed by atoms with E-state index in [1.54, 1.807) is 0 Å². The molecule has 2 aromatic rings. The summed E-state index contributed by atoms with van der Waals surface area (Å²) in [7, 11) is 0. The molecule has 0 atom stereocenters. The Labute approximate surface area is 116 Å². The van der Waals surface area contributed by atoms with E-state index < -0.39 is 0 Å². The summed E-state index contributed by atoms with van der Waals surface area (Å²) in [4.78, 5) is 0. The fraction of sp³-hybridized carbons (Fsp3) is 0.0714. The molecule has 0 saturated carbocycles. The van der Waals surface area contributed by atoms with Gasteiger partial charge in [-0.15, -0.1) is 0 Å². The van der Waals surface area contributed by atoms with E-state index in [1.807, 2.05) is 55.5 Å². The molecule has 0 amide bonds. The van der Waals surface area contributed by atoms with E-state index in [0.29, 0.717) is 10.0 Å². The van der Waals surface area contributed by atoms with Crippen LogP contribution in [0.25, 0.3) is 0 Å². The molecule has 0 aliphatic heterocycles. The Morgan fingerprint density at radius 2 is 1.83 bits per heavy atom. The second-order valence-electron chi connectivity index (χ2n) is 3.80. The SMILES string of the molecule is C/C(=N/Nc1ccccc1Cl)c1cccc(Cl)c1. The largest absolute Gasteiger partial charge is 0.277 e. The van der Waals surface area contributed by atoms with Gasteiger partial charge < -0.3 is 0 Å². The number of hydrogen-bond donors (Lipinski definition) is 1. The molecule has 0 aliphatic carbocycles. The molecule has 4 heteroatoms. The van der Waals surface area contributed by atoms with Crippen LogP contribution in [0.5, 0.6) is 0 Å². The summed E-state index contributed by atoms with van der Waals surface area (Å²) in [6, 6.07) is 15.0. The molecule has 0 bridgehead atoms. The minimum absolute atomic E-state index is 0.639. The van der Waals surface area contributed by atoms with Crippen LogP contribution in [-0.4, -0.2) is 5.71 Å². The van der Waals surface area contributed by atoms with Crippen LogP contribution in [0.1, 0.15) is 12.5 Å². The van der Waals surface area contributed by atoms with E-state index in [-0.39, 0.29) is 0 Å². The van der Waals surface area contributed by atoms with Crippen molar-refractivity contribution >= 4 is 34.6 Å². The first-order valence-corrected chi connectivity index (χ1v) is 6.23. The predicted molar refractivity (Wildman–Crippen MR) is 78.7 cm³/mol. The lowest BCUT2D eigenvalue weighted by Gasteiger charge is -2.05. The zero-order chi connectivity index (χ0) is 13.0. The number of hydrazone groups is 1. The van der Waals surface area contributed by atoms with Gasteiger partial charge >= 0.3 is 0 Å². The monoisotopic (exact) mass is 278 g/mol. The number of hydrogen-bond acceptors (Lipinski definition) is 2. The fourth-order valence-corrected chi connectivity index (χ4v) is 1.84. The molecule has 92 valence electrons. The molecule has 2 aromatic carbocycles. The van der Waals surface area contributed by atoms with E-state index in [9.17, 15) is 0 Å². The van der Waals surface area contributed by atoms with Crippen molar-refractivity contribution in [3.05, 3.63) is 64.1 Å². The van der Waals surface area contributed by atoms with Crippen LogP contribution in [0, 0.1) is 0 Å². The third kappa shape index (κ3) is 3.25. The average Bonchev–Trinajstić information content (AvgIpc) is 2.37. The van der Waals surface area contributed by atoms with Crippen molar-refractivity contribution in [2.75, 3.05) is 5.43 Å². The lowest BCUT2D eigenvalue weighted by atomic mass is 10.1. The van der Waals surface area contributed by atoms with Crippen LogP contribution in [0.4, 0.5) is 5.69 Å². The number of para-hydroxylation sites is 1. The molecule has 18 heavy (non-hydrogen) atoms. The van der Waals surface area contributed by atoms with Gasteiger partial charge in [-0.25, -0.2) is 0 Å². The summed E-state index contributed by atoms with van der Waals surface area (Å²) < 4.78 is 0. The maximum atomic E-state index is 6.03. The second-order valence-corrected chi connectivity index (χ2v) is 4.64. The van der Waals surface area contributed by atoms with E-state index in [1.165, 1.54) is 0 Å². The lowest BCUT2D eigenvalue weighted by molar-refractivity contribution is 1.32. The highest BCUT2D eigenvalue weighted by Crippen LogP contribution is 2.20. The minimum atomic E-state index is 0.639. The van der Waals surface area contributed by atoms with E-state index in [2.05, 4.69) is 10.5 Å². The van der Waals surface area contributed by atoms with Crippen molar-refractivity contribution in [3.8, 4) is 0 Å². The Balaban J connectivity index is 2.17. The third-order valence-electron chi connectivity index (χ3n) is 2.46. The van der Waals surface area contributed by atoms with Gasteiger partial charge in [0.2, 0.25) is 0 Å². The van der Waals surface area contributed by atoms with Crippen LogP contribution >= 0.6 is 23.2 Å². The van der Waals surface area contributed by atoms with Gasteiger partial charge in [0.05, 0.1) is 16.4 Å². The number of benzene rings is 2. The number of rotatable bonds is 3. The average molecular weight is 279 g/mol. The van der Waals surface area contributed by atoms with Gasteiger partial charge in [-0.3, -0.25) is 5.43 Å². The smallest absolute Gasteiger partial charge is 0.0748 e. The standard InChI is InChI=1S/C14H12Cl2N2/c1-10(11-5-4-6-12(15)9-11)17-18-14-8-3-2-7-13(14)16/h2-9,18H,1H3/b17-10-. The zero-order valence-corrected chi connectivity index (χ0v) is 11.3. The first-order chi connectivity index (χ1) is 8.66. The molecule has 0 spiro atoms. The highest BCUT2D eigenvalue weighted by Gasteiger charge is 2.00. The van der Waals surface area contributed by atoms with Gasteiger partial charge in [0, 0.05) is 5.02 Å². The van der Waals surface area contributed by atoms with Gasteiger partial charge in [0.1, 0.15) is 0 Å². The molecular formula is C14H12Cl2N2.